The van der Waals surface area contributed by atoms with Gasteiger partial charge in [-0.2, -0.15) is 13.2 Å². The third-order valence-corrected chi connectivity index (χ3v) is 2.67. The van der Waals surface area contributed by atoms with Gasteiger partial charge in [-0.25, -0.2) is 0 Å². The highest BCUT2D eigenvalue weighted by atomic mass is 19.4. The van der Waals surface area contributed by atoms with Gasteiger partial charge >= 0.3 is 6.18 Å². The van der Waals surface area contributed by atoms with Gasteiger partial charge in [0.1, 0.15) is 0 Å². The van der Waals surface area contributed by atoms with Crippen molar-refractivity contribution in [1.29, 1.82) is 0 Å². The Labute approximate surface area is 91.3 Å². The highest BCUT2D eigenvalue weighted by Crippen LogP contribution is 2.36. The van der Waals surface area contributed by atoms with E-state index in [0.717, 1.165) is 11.6 Å². The number of para-hydroxylation sites is 1. The lowest BCUT2D eigenvalue weighted by atomic mass is 10.0. The molecule has 0 unspecified atom stereocenters. The minimum Gasteiger partial charge on any atom is -0.360 e. The van der Waals surface area contributed by atoms with Crippen LogP contribution in [0.4, 0.5) is 13.2 Å². The Bertz CT molecular complexity index is 508. The van der Waals surface area contributed by atoms with Crippen LogP contribution in [-0.2, 0) is 6.18 Å². The predicted molar refractivity (Wildman–Crippen MR) is 57.4 cm³/mol. The summed E-state index contributed by atoms with van der Waals surface area (Å²) in [5, 5.41) is 0.657. The molecule has 0 fully saturated rings. The van der Waals surface area contributed by atoms with E-state index >= 15 is 0 Å². The fourth-order valence-corrected chi connectivity index (χ4v) is 1.89. The monoisotopic (exact) mass is 227 g/mol. The van der Waals surface area contributed by atoms with Gasteiger partial charge in [-0.3, -0.25) is 0 Å². The lowest BCUT2D eigenvalue weighted by Crippen LogP contribution is -2.05. The van der Waals surface area contributed by atoms with E-state index in [0.29, 0.717) is 5.39 Å². The summed E-state index contributed by atoms with van der Waals surface area (Å²) in [6.07, 6.45) is -2.65. The van der Waals surface area contributed by atoms with Crippen molar-refractivity contribution in [3.8, 4) is 0 Å². The van der Waals surface area contributed by atoms with Crippen LogP contribution in [0.2, 0.25) is 0 Å². The molecule has 2 aromatic rings. The predicted octanol–water partition coefficient (Wildman–Crippen LogP) is 4.31. The normalized spacial score (nSPS) is 12.6. The number of benzene rings is 1. The Hall–Kier alpha value is -1.45. The number of fused-ring (bicyclic) bond motifs is 1. The molecule has 0 radical (unpaired) electrons. The van der Waals surface area contributed by atoms with Crippen LogP contribution in [0.3, 0.4) is 0 Å². The van der Waals surface area contributed by atoms with Gasteiger partial charge in [0, 0.05) is 11.6 Å². The number of H-pyrrole nitrogens is 1. The third-order valence-electron chi connectivity index (χ3n) is 2.67. The minimum absolute atomic E-state index is 0.179. The Morgan fingerprint density at radius 2 is 1.88 bits per heavy atom. The van der Waals surface area contributed by atoms with Gasteiger partial charge in [-0.05, 0) is 17.5 Å². The summed E-state index contributed by atoms with van der Waals surface area (Å²) in [5.74, 6) is 0.206. The molecule has 86 valence electrons. The van der Waals surface area contributed by atoms with Crippen LogP contribution >= 0.6 is 0 Å². The number of rotatable bonds is 1. The van der Waals surface area contributed by atoms with Crippen LogP contribution in [0.1, 0.15) is 30.9 Å². The fourth-order valence-electron chi connectivity index (χ4n) is 1.89. The second-order valence-electron chi connectivity index (χ2n) is 4.12. The smallest absolute Gasteiger partial charge is 0.360 e. The van der Waals surface area contributed by atoms with E-state index in [4.69, 9.17) is 0 Å². The SMILES string of the molecule is CC(C)c1c[nH]c2c(C(F)(F)F)cccc12. The third kappa shape index (κ3) is 1.68. The molecule has 1 aromatic carbocycles. The summed E-state index contributed by atoms with van der Waals surface area (Å²) >= 11 is 0. The lowest BCUT2D eigenvalue weighted by Gasteiger charge is -2.08. The number of halogens is 3. The van der Waals surface area contributed by atoms with Gasteiger partial charge in [-0.15, -0.1) is 0 Å². The van der Waals surface area contributed by atoms with Gasteiger partial charge in [0.05, 0.1) is 11.1 Å². The molecule has 16 heavy (non-hydrogen) atoms. The first kappa shape index (κ1) is 11.0. The van der Waals surface area contributed by atoms with Crippen molar-refractivity contribution in [2.24, 2.45) is 0 Å². The van der Waals surface area contributed by atoms with Crippen LogP contribution in [0.5, 0.6) is 0 Å². The molecule has 0 aliphatic heterocycles. The molecule has 0 saturated heterocycles. The van der Waals surface area contributed by atoms with Crippen molar-refractivity contribution in [3.05, 3.63) is 35.5 Å². The van der Waals surface area contributed by atoms with Crippen molar-refractivity contribution in [1.82, 2.24) is 4.98 Å². The van der Waals surface area contributed by atoms with Crippen molar-refractivity contribution in [3.63, 3.8) is 0 Å². The molecule has 1 nitrogen and oxygen atoms in total. The van der Waals surface area contributed by atoms with Crippen molar-refractivity contribution < 1.29 is 13.2 Å². The molecule has 4 heteroatoms. The quantitative estimate of drug-likeness (QED) is 0.747. The molecule has 2 rings (SSSR count). The molecule has 0 aliphatic carbocycles. The second-order valence-corrected chi connectivity index (χ2v) is 4.12. The molecule has 1 aromatic heterocycles. The van der Waals surface area contributed by atoms with E-state index in [1.807, 2.05) is 13.8 Å². The maximum absolute atomic E-state index is 12.7. The average Bonchev–Trinajstić information content (AvgIpc) is 2.58. The van der Waals surface area contributed by atoms with Crippen molar-refractivity contribution in [2.75, 3.05) is 0 Å². The molecular weight excluding hydrogens is 215 g/mol. The first-order valence-electron chi connectivity index (χ1n) is 5.08. The summed E-state index contributed by atoms with van der Waals surface area (Å²) in [4.78, 5) is 2.72. The highest BCUT2D eigenvalue weighted by molar-refractivity contribution is 5.86. The largest absolute Gasteiger partial charge is 0.418 e. The van der Waals surface area contributed by atoms with E-state index in [9.17, 15) is 13.2 Å². The van der Waals surface area contributed by atoms with E-state index in [1.54, 1.807) is 12.3 Å². The van der Waals surface area contributed by atoms with Crippen molar-refractivity contribution in [2.45, 2.75) is 25.9 Å². The number of aromatic nitrogens is 1. The van der Waals surface area contributed by atoms with Gasteiger partial charge < -0.3 is 4.98 Å². The van der Waals surface area contributed by atoms with E-state index in [1.165, 1.54) is 6.07 Å². The van der Waals surface area contributed by atoms with Crippen LogP contribution in [0.25, 0.3) is 10.9 Å². The zero-order valence-corrected chi connectivity index (χ0v) is 9.02. The summed E-state index contributed by atoms with van der Waals surface area (Å²) < 4.78 is 38.1. The number of aromatic amines is 1. The molecular formula is C12H12F3N. The molecule has 0 bridgehead atoms. The molecule has 0 saturated carbocycles. The number of nitrogens with one attached hydrogen (secondary N) is 1. The van der Waals surface area contributed by atoms with Crippen LogP contribution < -0.4 is 0 Å². The van der Waals surface area contributed by atoms with Crippen LogP contribution in [-0.4, -0.2) is 4.98 Å². The number of hydrogen-bond donors (Lipinski definition) is 1. The zero-order valence-electron chi connectivity index (χ0n) is 9.02. The van der Waals surface area contributed by atoms with Crippen LogP contribution in [0.15, 0.2) is 24.4 Å². The molecule has 1 N–H and O–H groups in total. The van der Waals surface area contributed by atoms with Crippen molar-refractivity contribution >= 4 is 10.9 Å². The first-order chi connectivity index (χ1) is 7.41. The summed E-state index contributed by atoms with van der Waals surface area (Å²) in [6.45, 7) is 3.92. The molecule has 0 atom stereocenters. The second kappa shape index (κ2) is 3.54. The molecule has 0 spiro atoms. The highest BCUT2D eigenvalue weighted by Gasteiger charge is 2.33. The average molecular weight is 227 g/mol. The summed E-state index contributed by atoms with van der Waals surface area (Å²) in [5.41, 5.74) is 0.497. The Balaban J connectivity index is 2.72. The molecule has 0 amide bonds. The maximum atomic E-state index is 12.7. The Morgan fingerprint density at radius 1 is 1.19 bits per heavy atom. The van der Waals surface area contributed by atoms with Gasteiger partial charge in [0.2, 0.25) is 0 Å². The summed E-state index contributed by atoms with van der Waals surface area (Å²) in [6, 6.07) is 4.27. The maximum Gasteiger partial charge on any atom is 0.418 e. The molecule has 1 heterocycles. The van der Waals surface area contributed by atoms with E-state index in [-0.39, 0.29) is 11.4 Å². The van der Waals surface area contributed by atoms with Gasteiger partial charge in [0.25, 0.3) is 0 Å². The standard InChI is InChI=1S/C12H12F3N/c1-7(2)9-6-16-11-8(9)4-3-5-10(11)12(13,14)15/h3-7,16H,1-2H3. The Kier molecular flexibility index (Phi) is 2.45. The fraction of sp³-hybridized carbons (Fsp3) is 0.333. The summed E-state index contributed by atoms with van der Waals surface area (Å²) in [7, 11) is 0. The molecule has 0 aliphatic rings. The van der Waals surface area contributed by atoms with Gasteiger partial charge in [0.15, 0.2) is 0 Å². The van der Waals surface area contributed by atoms with Crippen LogP contribution in [0, 0.1) is 0 Å². The number of alkyl halides is 3. The minimum atomic E-state index is -4.31. The van der Waals surface area contributed by atoms with E-state index < -0.39 is 11.7 Å². The van der Waals surface area contributed by atoms with E-state index in [2.05, 4.69) is 4.98 Å². The topological polar surface area (TPSA) is 15.8 Å². The number of hydrogen-bond acceptors (Lipinski definition) is 0. The Morgan fingerprint density at radius 3 is 2.44 bits per heavy atom. The lowest BCUT2D eigenvalue weighted by molar-refractivity contribution is -0.136. The van der Waals surface area contributed by atoms with Gasteiger partial charge in [-0.1, -0.05) is 26.0 Å². The zero-order chi connectivity index (χ0) is 11.9. The first-order valence-corrected chi connectivity index (χ1v) is 5.08.